The molecule has 0 saturated carbocycles. The van der Waals surface area contributed by atoms with E-state index in [9.17, 15) is 9.59 Å². The van der Waals surface area contributed by atoms with Gasteiger partial charge < -0.3 is 4.98 Å². The highest BCUT2D eigenvalue weighted by Crippen LogP contribution is 2.08. The van der Waals surface area contributed by atoms with Crippen molar-refractivity contribution in [2.24, 2.45) is 0 Å². The molecule has 16 heavy (non-hydrogen) atoms. The molecule has 2 aromatic heterocycles. The van der Waals surface area contributed by atoms with Gasteiger partial charge in [-0.05, 0) is 20.8 Å². The van der Waals surface area contributed by atoms with E-state index in [2.05, 4.69) is 15.0 Å². The Morgan fingerprint density at radius 3 is 2.62 bits per heavy atom. The van der Waals surface area contributed by atoms with E-state index >= 15 is 0 Å². The molecule has 0 unspecified atom stereocenters. The van der Waals surface area contributed by atoms with E-state index < -0.39 is 16.8 Å². The van der Waals surface area contributed by atoms with Crippen LogP contribution in [-0.2, 0) is 5.54 Å². The van der Waals surface area contributed by atoms with Crippen molar-refractivity contribution >= 4 is 11.0 Å². The van der Waals surface area contributed by atoms with Gasteiger partial charge in [-0.15, -0.1) is 0 Å². The van der Waals surface area contributed by atoms with E-state index in [1.165, 1.54) is 12.5 Å². The maximum Gasteiger partial charge on any atom is 0.329 e. The summed E-state index contributed by atoms with van der Waals surface area (Å²) < 4.78 is 1.16. The van der Waals surface area contributed by atoms with Gasteiger partial charge in [0.25, 0.3) is 5.56 Å². The molecule has 2 rings (SSSR count). The first-order valence-corrected chi connectivity index (χ1v) is 4.87. The molecule has 0 aliphatic heterocycles. The van der Waals surface area contributed by atoms with Gasteiger partial charge in [0.15, 0.2) is 5.52 Å². The molecule has 0 aliphatic rings. The number of aromatic nitrogens is 4. The maximum atomic E-state index is 12.0. The molecule has 6 heteroatoms. The standard InChI is InChI=1S/C10H12N4O2/c1-10(2,3)14-8(15)7-6(13-9(14)16)4-11-5-12-7/h4-5H,1-3H3,(H,13,16). The summed E-state index contributed by atoms with van der Waals surface area (Å²) in [5.74, 6) is 0. The molecular weight excluding hydrogens is 208 g/mol. The normalized spacial score (nSPS) is 11.9. The largest absolute Gasteiger partial charge is 0.329 e. The van der Waals surface area contributed by atoms with Gasteiger partial charge in [0.1, 0.15) is 6.33 Å². The Bertz CT molecular complexity index is 648. The Labute approximate surface area is 91.0 Å². The van der Waals surface area contributed by atoms with Crippen molar-refractivity contribution in [1.29, 1.82) is 0 Å². The summed E-state index contributed by atoms with van der Waals surface area (Å²) in [4.78, 5) is 34.0. The topological polar surface area (TPSA) is 80.6 Å². The van der Waals surface area contributed by atoms with Gasteiger partial charge in [0.05, 0.1) is 11.7 Å². The third kappa shape index (κ3) is 1.52. The van der Waals surface area contributed by atoms with Crippen molar-refractivity contribution in [2.75, 3.05) is 0 Å². The average Bonchev–Trinajstić information content (AvgIpc) is 2.15. The van der Waals surface area contributed by atoms with Gasteiger partial charge in [0.2, 0.25) is 0 Å². The fraction of sp³-hybridized carbons (Fsp3) is 0.400. The monoisotopic (exact) mass is 220 g/mol. The van der Waals surface area contributed by atoms with Crippen LogP contribution in [0.25, 0.3) is 11.0 Å². The predicted octanol–water partition coefficient (Wildman–Crippen LogP) is 0.235. The smallest absolute Gasteiger partial charge is 0.304 e. The van der Waals surface area contributed by atoms with Crippen molar-refractivity contribution in [3.05, 3.63) is 33.4 Å². The molecule has 0 amide bonds. The second kappa shape index (κ2) is 3.26. The first-order valence-electron chi connectivity index (χ1n) is 4.87. The Balaban J connectivity index is 2.99. The minimum atomic E-state index is -0.580. The highest BCUT2D eigenvalue weighted by atomic mass is 16.2. The van der Waals surface area contributed by atoms with Crippen LogP contribution in [0.3, 0.4) is 0 Å². The van der Waals surface area contributed by atoms with Crippen LogP contribution in [0.15, 0.2) is 22.1 Å². The third-order valence-corrected chi connectivity index (χ3v) is 2.23. The van der Waals surface area contributed by atoms with Crippen LogP contribution in [-0.4, -0.2) is 19.5 Å². The number of H-pyrrole nitrogens is 1. The van der Waals surface area contributed by atoms with E-state index in [1.807, 2.05) is 0 Å². The minimum absolute atomic E-state index is 0.226. The first kappa shape index (κ1) is 10.5. The Morgan fingerprint density at radius 1 is 1.31 bits per heavy atom. The number of nitrogens with zero attached hydrogens (tertiary/aromatic N) is 3. The summed E-state index contributed by atoms with van der Waals surface area (Å²) in [6.07, 6.45) is 2.70. The SMILES string of the molecule is CC(C)(C)n1c(=O)[nH]c2cncnc2c1=O. The zero-order valence-corrected chi connectivity index (χ0v) is 9.31. The number of fused-ring (bicyclic) bond motifs is 1. The summed E-state index contributed by atoms with van der Waals surface area (Å²) in [7, 11) is 0. The summed E-state index contributed by atoms with van der Waals surface area (Å²) in [6.45, 7) is 5.37. The third-order valence-electron chi connectivity index (χ3n) is 2.23. The summed E-state index contributed by atoms with van der Waals surface area (Å²) >= 11 is 0. The van der Waals surface area contributed by atoms with Gasteiger partial charge >= 0.3 is 5.69 Å². The van der Waals surface area contributed by atoms with Crippen molar-refractivity contribution < 1.29 is 0 Å². The molecule has 0 fully saturated rings. The highest BCUT2D eigenvalue weighted by molar-refractivity contribution is 5.70. The Kier molecular flexibility index (Phi) is 2.15. The summed E-state index contributed by atoms with van der Waals surface area (Å²) in [5.41, 5.74) is -0.833. The van der Waals surface area contributed by atoms with Crippen molar-refractivity contribution in [2.45, 2.75) is 26.3 Å². The van der Waals surface area contributed by atoms with Gasteiger partial charge in [-0.2, -0.15) is 0 Å². The minimum Gasteiger partial charge on any atom is -0.304 e. The fourth-order valence-electron chi connectivity index (χ4n) is 1.57. The number of rotatable bonds is 0. The number of hydrogen-bond acceptors (Lipinski definition) is 4. The molecule has 6 nitrogen and oxygen atoms in total. The molecule has 0 radical (unpaired) electrons. The quantitative estimate of drug-likeness (QED) is 0.689. The van der Waals surface area contributed by atoms with E-state index in [0.717, 1.165) is 4.57 Å². The van der Waals surface area contributed by atoms with Crippen molar-refractivity contribution in [1.82, 2.24) is 19.5 Å². The Hall–Kier alpha value is -1.98. The van der Waals surface area contributed by atoms with E-state index in [0.29, 0.717) is 5.52 Å². The second-order valence-electron chi connectivity index (χ2n) is 4.53. The molecule has 0 atom stereocenters. The molecule has 0 spiro atoms. The molecule has 0 saturated heterocycles. The van der Waals surface area contributed by atoms with E-state index in [-0.39, 0.29) is 5.52 Å². The lowest BCUT2D eigenvalue weighted by Gasteiger charge is -2.20. The molecule has 0 bridgehead atoms. The van der Waals surface area contributed by atoms with Gasteiger partial charge in [0, 0.05) is 5.54 Å². The molecule has 0 aromatic carbocycles. The van der Waals surface area contributed by atoms with Crippen molar-refractivity contribution in [3.63, 3.8) is 0 Å². The Morgan fingerprint density at radius 2 is 2.00 bits per heavy atom. The number of aromatic amines is 1. The van der Waals surface area contributed by atoms with Crippen LogP contribution in [0.5, 0.6) is 0 Å². The first-order chi connectivity index (χ1) is 7.41. The molecule has 84 valence electrons. The number of nitrogens with one attached hydrogen (secondary N) is 1. The number of hydrogen-bond donors (Lipinski definition) is 1. The maximum absolute atomic E-state index is 12.0. The van der Waals surface area contributed by atoms with E-state index in [4.69, 9.17) is 0 Å². The van der Waals surface area contributed by atoms with Crippen LogP contribution in [0.4, 0.5) is 0 Å². The molecular formula is C10H12N4O2. The predicted molar refractivity (Wildman–Crippen MR) is 59.4 cm³/mol. The average molecular weight is 220 g/mol. The fourth-order valence-corrected chi connectivity index (χ4v) is 1.57. The molecule has 2 aromatic rings. The van der Waals surface area contributed by atoms with Crippen LogP contribution < -0.4 is 11.2 Å². The van der Waals surface area contributed by atoms with E-state index in [1.54, 1.807) is 20.8 Å². The van der Waals surface area contributed by atoms with Crippen LogP contribution in [0.2, 0.25) is 0 Å². The van der Waals surface area contributed by atoms with Gasteiger partial charge in [-0.3, -0.25) is 9.36 Å². The van der Waals surface area contributed by atoms with Crippen LogP contribution in [0, 0.1) is 0 Å². The summed E-state index contributed by atoms with van der Waals surface area (Å²) in [6, 6.07) is 0. The molecule has 0 aliphatic carbocycles. The lowest BCUT2D eigenvalue weighted by molar-refractivity contribution is 0.369. The van der Waals surface area contributed by atoms with Gasteiger partial charge in [-0.25, -0.2) is 14.8 Å². The zero-order chi connectivity index (χ0) is 11.9. The zero-order valence-electron chi connectivity index (χ0n) is 9.31. The highest BCUT2D eigenvalue weighted by Gasteiger charge is 2.19. The molecule has 2 heterocycles. The molecule has 1 N–H and O–H groups in total. The lowest BCUT2D eigenvalue weighted by Crippen LogP contribution is -2.44. The van der Waals surface area contributed by atoms with Gasteiger partial charge in [-0.1, -0.05) is 0 Å². The van der Waals surface area contributed by atoms with Crippen LogP contribution >= 0.6 is 0 Å². The second-order valence-corrected chi connectivity index (χ2v) is 4.53. The van der Waals surface area contributed by atoms with Crippen LogP contribution in [0.1, 0.15) is 20.8 Å². The van der Waals surface area contributed by atoms with Crippen molar-refractivity contribution in [3.8, 4) is 0 Å². The lowest BCUT2D eigenvalue weighted by atomic mass is 10.1. The summed E-state index contributed by atoms with van der Waals surface area (Å²) in [5, 5.41) is 0.